The van der Waals surface area contributed by atoms with E-state index in [1.807, 2.05) is 24.3 Å². The van der Waals surface area contributed by atoms with Crippen LogP contribution in [0.1, 0.15) is 33.1 Å². The number of nitrogens with zero attached hydrogens (tertiary/aromatic N) is 1. The molecule has 0 aliphatic heterocycles. The van der Waals surface area contributed by atoms with Gasteiger partial charge in [-0.3, -0.25) is 14.9 Å². The molecule has 0 spiro atoms. The first-order valence-corrected chi connectivity index (χ1v) is 10.3. The molecule has 0 radical (unpaired) electrons. The first-order chi connectivity index (χ1) is 16.3. The van der Waals surface area contributed by atoms with Crippen LogP contribution in [0.25, 0.3) is 0 Å². The molecular formula is C25H24N2O7. The Hall–Kier alpha value is -4.40. The molecule has 0 bridgehead atoms. The van der Waals surface area contributed by atoms with Gasteiger partial charge in [0, 0.05) is 11.6 Å². The number of nitrogens with one attached hydrogen (secondary N) is 1. The van der Waals surface area contributed by atoms with Crippen molar-refractivity contribution in [1.29, 1.82) is 0 Å². The van der Waals surface area contributed by atoms with Crippen molar-refractivity contribution in [2.24, 2.45) is 0 Å². The predicted molar refractivity (Wildman–Crippen MR) is 124 cm³/mol. The van der Waals surface area contributed by atoms with Crippen molar-refractivity contribution in [3.05, 3.63) is 99.1 Å². The summed E-state index contributed by atoms with van der Waals surface area (Å²) in [5.74, 6) is -0.0235. The molecule has 0 aliphatic carbocycles. The lowest BCUT2D eigenvalue weighted by molar-refractivity contribution is -0.385. The third-order valence-corrected chi connectivity index (χ3v) is 5.18. The summed E-state index contributed by atoms with van der Waals surface area (Å²) in [6.07, 6.45) is 0. The van der Waals surface area contributed by atoms with Crippen LogP contribution in [-0.2, 0) is 9.53 Å². The zero-order chi connectivity index (χ0) is 24.7. The second kappa shape index (κ2) is 11.0. The van der Waals surface area contributed by atoms with Crippen LogP contribution in [0.3, 0.4) is 0 Å². The largest absolute Gasteiger partial charge is 0.497 e. The Morgan fingerprint density at radius 2 is 1.44 bits per heavy atom. The topological polar surface area (TPSA) is 117 Å². The van der Waals surface area contributed by atoms with E-state index in [1.165, 1.54) is 12.1 Å². The molecule has 3 rings (SSSR count). The van der Waals surface area contributed by atoms with Crippen LogP contribution in [0, 0.1) is 17.0 Å². The molecule has 0 fully saturated rings. The second-order valence-electron chi connectivity index (χ2n) is 7.38. The Morgan fingerprint density at radius 1 is 0.912 bits per heavy atom. The van der Waals surface area contributed by atoms with E-state index in [9.17, 15) is 19.7 Å². The third-order valence-electron chi connectivity index (χ3n) is 5.18. The molecule has 3 aromatic rings. The number of aryl methyl sites for hydroxylation is 1. The van der Waals surface area contributed by atoms with Gasteiger partial charge in [0.2, 0.25) is 0 Å². The number of rotatable bonds is 9. The number of hydrogen-bond donors (Lipinski definition) is 1. The van der Waals surface area contributed by atoms with Gasteiger partial charge in [0.05, 0.1) is 30.7 Å². The minimum absolute atomic E-state index is 0.00745. The van der Waals surface area contributed by atoms with Crippen molar-refractivity contribution in [1.82, 2.24) is 5.32 Å². The molecule has 0 unspecified atom stereocenters. The maximum absolute atomic E-state index is 12.7. The van der Waals surface area contributed by atoms with Gasteiger partial charge in [0.25, 0.3) is 11.6 Å². The SMILES string of the molecule is COc1ccc(C(NC(=O)COC(=O)c2ccc(C)c([N+](=O)[O-])c2)c2ccc(OC)cc2)cc1. The van der Waals surface area contributed by atoms with Crippen LogP contribution in [0.4, 0.5) is 5.69 Å². The zero-order valence-electron chi connectivity index (χ0n) is 18.9. The van der Waals surface area contributed by atoms with Crippen LogP contribution in [0.2, 0.25) is 0 Å². The van der Waals surface area contributed by atoms with Crippen molar-refractivity contribution >= 4 is 17.6 Å². The maximum atomic E-state index is 12.7. The normalized spacial score (nSPS) is 10.5. The lowest BCUT2D eigenvalue weighted by Gasteiger charge is -2.20. The molecule has 0 saturated heterocycles. The van der Waals surface area contributed by atoms with Gasteiger partial charge in [-0.25, -0.2) is 4.79 Å². The molecule has 0 atom stereocenters. The van der Waals surface area contributed by atoms with Crippen molar-refractivity contribution in [2.45, 2.75) is 13.0 Å². The predicted octanol–water partition coefficient (Wildman–Crippen LogP) is 3.98. The summed E-state index contributed by atoms with van der Waals surface area (Å²) in [7, 11) is 3.13. The van der Waals surface area contributed by atoms with Crippen LogP contribution >= 0.6 is 0 Å². The van der Waals surface area contributed by atoms with Crippen LogP contribution in [0.5, 0.6) is 11.5 Å². The Bertz CT molecular complexity index is 1130. The summed E-state index contributed by atoms with van der Waals surface area (Å²) >= 11 is 0. The number of hydrogen-bond acceptors (Lipinski definition) is 7. The minimum atomic E-state index is -0.830. The van der Waals surface area contributed by atoms with E-state index < -0.39 is 29.4 Å². The highest BCUT2D eigenvalue weighted by atomic mass is 16.6. The molecule has 0 saturated carbocycles. The molecule has 9 heteroatoms. The minimum Gasteiger partial charge on any atom is -0.497 e. The molecule has 0 aromatic heterocycles. The molecule has 1 N–H and O–H groups in total. The highest BCUT2D eigenvalue weighted by Crippen LogP contribution is 2.26. The summed E-state index contributed by atoms with van der Waals surface area (Å²) in [4.78, 5) is 35.5. The summed E-state index contributed by atoms with van der Waals surface area (Å²) < 4.78 is 15.5. The quantitative estimate of drug-likeness (QED) is 0.289. The van der Waals surface area contributed by atoms with E-state index in [0.29, 0.717) is 17.1 Å². The van der Waals surface area contributed by atoms with Crippen molar-refractivity contribution in [3.8, 4) is 11.5 Å². The van der Waals surface area contributed by atoms with Gasteiger partial charge in [0.1, 0.15) is 11.5 Å². The van der Waals surface area contributed by atoms with Gasteiger partial charge in [-0.15, -0.1) is 0 Å². The van der Waals surface area contributed by atoms with Crippen molar-refractivity contribution in [3.63, 3.8) is 0 Å². The van der Waals surface area contributed by atoms with Gasteiger partial charge in [-0.2, -0.15) is 0 Å². The van der Waals surface area contributed by atoms with E-state index in [1.54, 1.807) is 45.4 Å². The van der Waals surface area contributed by atoms with Crippen molar-refractivity contribution in [2.75, 3.05) is 20.8 Å². The van der Waals surface area contributed by atoms with E-state index >= 15 is 0 Å². The lowest BCUT2D eigenvalue weighted by atomic mass is 9.98. The maximum Gasteiger partial charge on any atom is 0.338 e. The summed E-state index contributed by atoms with van der Waals surface area (Å²) in [6, 6.07) is 17.9. The second-order valence-corrected chi connectivity index (χ2v) is 7.38. The lowest BCUT2D eigenvalue weighted by Crippen LogP contribution is -2.33. The fourth-order valence-electron chi connectivity index (χ4n) is 3.30. The van der Waals surface area contributed by atoms with Crippen LogP contribution < -0.4 is 14.8 Å². The number of nitro benzene ring substituents is 1. The summed E-state index contributed by atoms with van der Waals surface area (Å²) in [5.41, 5.74) is 1.80. The number of nitro groups is 1. The standard InChI is InChI=1S/C25H24N2O7/c1-16-4-5-19(14-22(16)27(30)31)25(29)34-15-23(28)26-24(17-6-10-20(32-2)11-7-17)18-8-12-21(33-3)13-9-18/h4-14,24H,15H2,1-3H3,(H,26,28). The van der Waals surface area contributed by atoms with Crippen LogP contribution in [0.15, 0.2) is 66.7 Å². The number of amides is 1. The number of ether oxygens (including phenoxy) is 3. The fourth-order valence-corrected chi connectivity index (χ4v) is 3.30. The Balaban J connectivity index is 1.74. The number of carbonyl (C=O) groups is 2. The zero-order valence-corrected chi connectivity index (χ0v) is 18.9. The molecule has 0 aliphatic rings. The number of carbonyl (C=O) groups excluding carboxylic acids is 2. The fraction of sp³-hybridized carbons (Fsp3) is 0.200. The Labute approximate surface area is 196 Å². The van der Waals surface area contributed by atoms with E-state index in [4.69, 9.17) is 14.2 Å². The van der Waals surface area contributed by atoms with E-state index in [0.717, 1.165) is 17.2 Å². The van der Waals surface area contributed by atoms with E-state index in [2.05, 4.69) is 5.32 Å². The van der Waals surface area contributed by atoms with E-state index in [-0.39, 0.29) is 11.3 Å². The molecule has 0 heterocycles. The molecule has 34 heavy (non-hydrogen) atoms. The highest BCUT2D eigenvalue weighted by molar-refractivity contribution is 5.92. The average Bonchev–Trinajstić information content (AvgIpc) is 2.86. The third kappa shape index (κ3) is 5.89. The van der Waals surface area contributed by atoms with Gasteiger partial charge in [-0.05, 0) is 48.4 Å². The average molecular weight is 464 g/mol. The Kier molecular flexibility index (Phi) is 7.81. The summed E-state index contributed by atoms with van der Waals surface area (Å²) in [5, 5.41) is 14.0. The highest BCUT2D eigenvalue weighted by Gasteiger charge is 2.20. The van der Waals surface area contributed by atoms with Crippen LogP contribution in [-0.4, -0.2) is 37.6 Å². The van der Waals surface area contributed by atoms with Crippen molar-refractivity contribution < 1.29 is 28.7 Å². The smallest absolute Gasteiger partial charge is 0.338 e. The van der Waals surface area contributed by atoms with Gasteiger partial charge in [0.15, 0.2) is 6.61 Å². The monoisotopic (exact) mass is 464 g/mol. The molecule has 3 aromatic carbocycles. The molecule has 9 nitrogen and oxygen atoms in total. The molecule has 1 amide bonds. The first-order valence-electron chi connectivity index (χ1n) is 10.3. The Morgan fingerprint density at radius 3 is 1.91 bits per heavy atom. The number of methoxy groups -OCH3 is 2. The van der Waals surface area contributed by atoms with Gasteiger partial charge < -0.3 is 19.5 Å². The molecule has 176 valence electrons. The van der Waals surface area contributed by atoms with Gasteiger partial charge >= 0.3 is 5.97 Å². The summed E-state index contributed by atoms with van der Waals surface area (Å²) in [6.45, 7) is 1.02. The first kappa shape index (κ1) is 24.2. The number of esters is 1. The van der Waals surface area contributed by atoms with Gasteiger partial charge in [-0.1, -0.05) is 30.3 Å². The molecular weight excluding hydrogens is 440 g/mol. The number of benzene rings is 3.